The molecule has 2 aromatic heterocycles. The number of H-pyrrole nitrogens is 1. The third-order valence-corrected chi connectivity index (χ3v) is 4.20. The van der Waals surface area contributed by atoms with E-state index in [4.69, 9.17) is 0 Å². The van der Waals surface area contributed by atoms with Gasteiger partial charge in [-0.1, -0.05) is 0 Å². The molecule has 0 saturated heterocycles. The van der Waals surface area contributed by atoms with Crippen molar-refractivity contribution in [2.24, 2.45) is 0 Å². The number of rotatable bonds is 3. The fraction of sp³-hybridized carbons (Fsp3) is 0.333. The molecule has 17 heavy (non-hydrogen) atoms. The zero-order valence-corrected chi connectivity index (χ0v) is 10.1. The Morgan fingerprint density at radius 1 is 1.53 bits per heavy atom. The molecule has 2 heterocycles. The maximum absolute atomic E-state index is 11.9. The monoisotopic (exact) mass is 247 g/mol. The predicted molar refractivity (Wildman–Crippen MR) is 66.1 cm³/mol. The number of hydrogen-bond donors (Lipinski definition) is 2. The number of imidazole rings is 1. The maximum atomic E-state index is 11.9. The van der Waals surface area contributed by atoms with Crippen LogP contribution in [0.4, 0.5) is 0 Å². The lowest BCUT2D eigenvalue weighted by molar-refractivity contribution is 0.0954. The van der Waals surface area contributed by atoms with E-state index in [-0.39, 0.29) is 5.91 Å². The lowest BCUT2D eigenvalue weighted by Crippen LogP contribution is -2.21. The van der Waals surface area contributed by atoms with E-state index in [2.05, 4.69) is 15.3 Å². The van der Waals surface area contributed by atoms with E-state index in [9.17, 15) is 4.79 Å². The molecule has 2 N–H and O–H groups in total. The summed E-state index contributed by atoms with van der Waals surface area (Å²) in [6, 6.07) is 2.04. The van der Waals surface area contributed by atoms with E-state index >= 15 is 0 Å². The van der Waals surface area contributed by atoms with Crippen molar-refractivity contribution < 1.29 is 4.79 Å². The van der Waals surface area contributed by atoms with Gasteiger partial charge < -0.3 is 10.3 Å². The van der Waals surface area contributed by atoms with Gasteiger partial charge in [0.2, 0.25) is 0 Å². The van der Waals surface area contributed by atoms with Crippen LogP contribution < -0.4 is 5.32 Å². The summed E-state index contributed by atoms with van der Waals surface area (Å²) in [6.07, 6.45) is 6.82. The number of aryl methyl sites for hydroxylation is 2. The van der Waals surface area contributed by atoms with Gasteiger partial charge in [0.25, 0.3) is 5.91 Å². The molecule has 0 aromatic carbocycles. The van der Waals surface area contributed by atoms with Crippen LogP contribution in [0.3, 0.4) is 0 Å². The smallest absolute Gasteiger partial charge is 0.261 e. The highest BCUT2D eigenvalue weighted by Gasteiger charge is 2.18. The topological polar surface area (TPSA) is 57.8 Å². The normalized spacial score (nSPS) is 13.6. The van der Waals surface area contributed by atoms with Gasteiger partial charge in [-0.25, -0.2) is 4.98 Å². The summed E-state index contributed by atoms with van der Waals surface area (Å²) in [5.74, 6) is 0.0130. The minimum absolute atomic E-state index is 0.0130. The second-order valence-corrected chi connectivity index (χ2v) is 5.31. The van der Waals surface area contributed by atoms with Crippen LogP contribution in [-0.4, -0.2) is 15.9 Å². The Morgan fingerprint density at radius 2 is 2.47 bits per heavy atom. The van der Waals surface area contributed by atoms with E-state index in [1.54, 1.807) is 23.9 Å². The number of carbonyl (C=O) groups is 1. The Bertz CT molecular complexity index is 508. The van der Waals surface area contributed by atoms with Crippen LogP contribution in [0, 0.1) is 0 Å². The number of aromatic amines is 1. The first-order chi connectivity index (χ1) is 8.33. The first-order valence-corrected chi connectivity index (χ1v) is 6.51. The molecule has 0 saturated carbocycles. The molecule has 4 nitrogen and oxygen atoms in total. The molecule has 0 spiro atoms. The molecule has 0 radical (unpaired) electrons. The maximum Gasteiger partial charge on any atom is 0.261 e. The fourth-order valence-corrected chi connectivity index (χ4v) is 3.25. The van der Waals surface area contributed by atoms with Gasteiger partial charge in [0.1, 0.15) is 0 Å². The molecule has 88 valence electrons. The third-order valence-electron chi connectivity index (χ3n) is 2.96. The Labute approximate surface area is 103 Å². The molecular weight excluding hydrogens is 234 g/mol. The lowest BCUT2D eigenvalue weighted by atomic mass is 10.2. The van der Waals surface area contributed by atoms with E-state index in [0.29, 0.717) is 6.54 Å². The minimum Gasteiger partial charge on any atom is -0.347 e. The highest BCUT2D eigenvalue weighted by atomic mass is 32.1. The number of amides is 1. The number of nitrogens with one attached hydrogen (secondary N) is 2. The number of hydrogen-bond acceptors (Lipinski definition) is 3. The van der Waals surface area contributed by atoms with Crippen molar-refractivity contribution in [3.63, 3.8) is 0 Å². The number of carbonyl (C=O) groups excluding carboxylic acids is 1. The standard InChI is InChI=1S/C12H13N3OS/c16-12(14-6-9-5-13-7-15-9)11-4-8-2-1-3-10(8)17-11/h4-5,7H,1-3,6H2,(H,13,15)(H,14,16). The minimum atomic E-state index is 0.0130. The van der Waals surface area contributed by atoms with Crippen molar-refractivity contribution in [2.45, 2.75) is 25.8 Å². The van der Waals surface area contributed by atoms with Crippen molar-refractivity contribution >= 4 is 17.2 Å². The first-order valence-electron chi connectivity index (χ1n) is 5.70. The molecule has 1 aliphatic rings. The zero-order chi connectivity index (χ0) is 11.7. The third kappa shape index (κ3) is 2.10. The highest BCUT2D eigenvalue weighted by molar-refractivity contribution is 7.14. The number of fused-ring (bicyclic) bond motifs is 1. The van der Waals surface area contributed by atoms with Crippen LogP contribution in [0.1, 0.15) is 32.2 Å². The molecule has 0 bridgehead atoms. The van der Waals surface area contributed by atoms with Crippen LogP contribution in [0.25, 0.3) is 0 Å². The summed E-state index contributed by atoms with van der Waals surface area (Å²) >= 11 is 1.63. The van der Waals surface area contributed by atoms with E-state index in [0.717, 1.165) is 23.4 Å². The molecule has 5 heteroatoms. The summed E-state index contributed by atoms with van der Waals surface area (Å²) in [4.78, 5) is 21.0. The van der Waals surface area contributed by atoms with Gasteiger partial charge in [-0.3, -0.25) is 4.79 Å². The molecule has 0 atom stereocenters. The van der Waals surface area contributed by atoms with Gasteiger partial charge in [0, 0.05) is 11.1 Å². The fourth-order valence-electron chi connectivity index (χ4n) is 2.08. The largest absolute Gasteiger partial charge is 0.347 e. The van der Waals surface area contributed by atoms with Crippen molar-refractivity contribution in [1.29, 1.82) is 0 Å². The van der Waals surface area contributed by atoms with Gasteiger partial charge >= 0.3 is 0 Å². The average Bonchev–Trinajstić information content (AvgIpc) is 3.01. The van der Waals surface area contributed by atoms with Gasteiger partial charge in [-0.15, -0.1) is 11.3 Å². The quantitative estimate of drug-likeness (QED) is 0.870. The van der Waals surface area contributed by atoms with Crippen LogP contribution in [0.2, 0.25) is 0 Å². The zero-order valence-electron chi connectivity index (χ0n) is 9.32. The first kappa shape index (κ1) is 10.5. The second kappa shape index (κ2) is 4.33. The Kier molecular flexibility index (Phi) is 2.68. The lowest BCUT2D eigenvalue weighted by Gasteiger charge is -2.00. The summed E-state index contributed by atoms with van der Waals surface area (Å²) in [5, 5.41) is 2.89. The van der Waals surface area contributed by atoms with Gasteiger partial charge in [0.15, 0.2) is 0 Å². The molecule has 1 amide bonds. The molecule has 0 unspecified atom stereocenters. The van der Waals surface area contributed by atoms with Crippen LogP contribution in [-0.2, 0) is 19.4 Å². The van der Waals surface area contributed by atoms with Crippen molar-refractivity contribution in [2.75, 3.05) is 0 Å². The predicted octanol–water partition coefficient (Wildman–Crippen LogP) is 1.89. The number of nitrogens with zero attached hydrogens (tertiary/aromatic N) is 1. The van der Waals surface area contributed by atoms with Crippen LogP contribution in [0.5, 0.6) is 0 Å². The summed E-state index contributed by atoms with van der Waals surface area (Å²) in [6.45, 7) is 0.501. The van der Waals surface area contributed by atoms with Gasteiger partial charge in [0.05, 0.1) is 23.4 Å². The molecule has 0 fully saturated rings. The van der Waals surface area contributed by atoms with Crippen LogP contribution >= 0.6 is 11.3 Å². The van der Waals surface area contributed by atoms with E-state index < -0.39 is 0 Å². The summed E-state index contributed by atoms with van der Waals surface area (Å²) in [7, 11) is 0. The second-order valence-electron chi connectivity index (χ2n) is 4.17. The number of thiophene rings is 1. The SMILES string of the molecule is O=C(NCc1cnc[nH]1)c1cc2c(s1)CCC2. The van der Waals surface area contributed by atoms with Gasteiger partial charge in [-0.2, -0.15) is 0 Å². The molecule has 3 rings (SSSR count). The van der Waals surface area contributed by atoms with Crippen molar-refractivity contribution in [1.82, 2.24) is 15.3 Å². The molecule has 0 aliphatic heterocycles. The average molecular weight is 247 g/mol. The van der Waals surface area contributed by atoms with Crippen molar-refractivity contribution in [3.8, 4) is 0 Å². The van der Waals surface area contributed by atoms with Crippen LogP contribution in [0.15, 0.2) is 18.6 Å². The van der Waals surface area contributed by atoms with Gasteiger partial charge in [-0.05, 0) is 30.9 Å². The van der Waals surface area contributed by atoms with E-state index in [1.807, 2.05) is 6.07 Å². The Morgan fingerprint density at radius 3 is 3.24 bits per heavy atom. The Balaban J connectivity index is 1.65. The molecule has 2 aromatic rings. The highest BCUT2D eigenvalue weighted by Crippen LogP contribution is 2.30. The number of aromatic nitrogens is 2. The Hall–Kier alpha value is -1.62. The summed E-state index contributed by atoms with van der Waals surface area (Å²) in [5.41, 5.74) is 2.28. The molecular formula is C12H13N3OS. The van der Waals surface area contributed by atoms with E-state index in [1.165, 1.54) is 16.9 Å². The summed E-state index contributed by atoms with van der Waals surface area (Å²) < 4.78 is 0. The molecule has 1 aliphatic carbocycles. The van der Waals surface area contributed by atoms with Crippen molar-refractivity contribution in [3.05, 3.63) is 39.6 Å².